The predicted molar refractivity (Wildman–Crippen MR) is 48.4 cm³/mol. The van der Waals surface area contributed by atoms with Crippen LogP contribution in [0.25, 0.3) is 0 Å². The fourth-order valence-electron chi connectivity index (χ4n) is 1.77. The molecule has 62 valence electrons. The standard InChI is InChI=1S/C10H11NO/c1-11-10-8-5-3-2-4-7(8)6-9(10)12/h2-5,9-10,12H,1,6H2/t9-,10+/m1/s1. The summed E-state index contributed by atoms with van der Waals surface area (Å²) in [4.78, 5) is 3.91. The van der Waals surface area contributed by atoms with Gasteiger partial charge in [0.1, 0.15) is 6.04 Å². The van der Waals surface area contributed by atoms with Gasteiger partial charge >= 0.3 is 0 Å². The largest absolute Gasteiger partial charge is 0.390 e. The Balaban J connectivity index is 2.47. The molecule has 2 rings (SSSR count). The van der Waals surface area contributed by atoms with E-state index in [-0.39, 0.29) is 12.1 Å². The molecule has 0 radical (unpaired) electrons. The topological polar surface area (TPSA) is 32.6 Å². The number of aliphatic hydroxyl groups is 1. The average Bonchev–Trinajstić information content (AvgIpc) is 2.40. The van der Waals surface area contributed by atoms with Gasteiger partial charge in [0.2, 0.25) is 0 Å². The molecule has 0 amide bonds. The number of rotatable bonds is 1. The van der Waals surface area contributed by atoms with Crippen molar-refractivity contribution in [2.45, 2.75) is 18.6 Å². The third-order valence-corrected chi connectivity index (χ3v) is 2.36. The molecule has 12 heavy (non-hydrogen) atoms. The van der Waals surface area contributed by atoms with Crippen molar-refractivity contribution in [2.75, 3.05) is 0 Å². The summed E-state index contributed by atoms with van der Waals surface area (Å²) in [6, 6.07) is 7.88. The Kier molecular flexibility index (Phi) is 1.70. The van der Waals surface area contributed by atoms with Gasteiger partial charge in [0.25, 0.3) is 0 Å². The zero-order chi connectivity index (χ0) is 8.55. The van der Waals surface area contributed by atoms with Crippen molar-refractivity contribution in [1.82, 2.24) is 0 Å². The highest BCUT2D eigenvalue weighted by Crippen LogP contribution is 2.33. The first kappa shape index (κ1) is 7.50. The second-order valence-electron chi connectivity index (χ2n) is 3.10. The number of fused-ring (bicyclic) bond motifs is 1. The van der Waals surface area contributed by atoms with Crippen LogP contribution in [0.2, 0.25) is 0 Å². The van der Waals surface area contributed by atoms with E-state index in [0.717, 1.165) is 5.56 Å². The van der Waals surface area contributed by atoms with E-state index in [1.54, 1.807) is 0 Å². The van der Waals surface area contributed by atoms with E-state index >= 15 is 0 Å². The zero-order valence-electron chi connectivity index (χ0n) is 6.77. The SMILES string of the molecule is C=N[C@H]1c2ccccc2C[C@H]1O. The minimum absolute atomic E-state index is 0.110. The van der Waals surface area contributed by atoms with Gasteiger partial charge in [0.05, 0.1) is 6.10 Å². The van der Waals surface area contributed by atoms with Gasteiger partial charge in [-0.25, -0.2) is 0 Å². The molecule has 1 N–H and O–H groups in total. The summed E-state index contributed by atoms with van der Waals surface area (Å²) in [5.74, 6) is 0. The first-order valence-electron chi connectivity index (χ1n) is 4.04. The van der Waals surface area contributed by atoms with Crippen LogP contribution in [-0.2, 0) is 6.42 Å². The highest BCUT2D eigenvalue weighted by molar-refractivity contribution is 5.39. The molecular weight excluding hydrogens is 150 g/mol. The molecule has 0 heterocycles. The Bertz CT molecular complexity index is 308. The zero-order valence-corrected chi connectivity index (χ0v) is 6.77. The van der Waals surface area contributed by atoms with Crippen molar-refractivity contribution < 1.29 is 5.11 Å². The molecule has 0 bridgehead atoms. The maximum absolute atomic E-state index is 9.58. The number of aliphatic hydroxyl groups excluding tert-OH is 1. The molecule has 1 aromatic rings. The van der Waals surface area contributed by atoms with Crippen molar-refractivity contribution in [3.05, 3.63) is 35.4 Å². The molecule has 1 aromatic carbocycles. The van der Waals surface area contributed by atoms with Gasteiger partial charge in [0.15, 0.2) is 0 Å². The Morgan fingerprint density at radius 3 is 2.92 bits per heavy atom. The number of aliphatic imine (C=N–C) groups is 1. The van der Waals surface area contributed by atoms with E-state index in [1.165, 1.54) is 5.56 Å². The first-order valence-corrected chi connectivity index (χ1v) is 4.04. The second-order valence-corrected chi connectivity index (χ2v) is 3.10. The smallest absolute Gasteiger partial charge is 0.101 e. The Hall–Kier alpha value is -1.15. The third-order valence-electron chi connectivity index (χ3n) is 2.36. The normalized spacial score (nSPS) is 26.8. The minimum atomic E-state index is -0.375. The van der Waals surface area contributed by atoms with E-state index in [2.05, 4.69) is 11.7 Å². The van der Waals surface area contributed by atoms with Gasteiger partial charge in [-0.05, 0) is 17.8 Å². The van der Waals surface area contributed by atoms with Crippen LogP contribution in [-0.4, -0.2) is 17.9 Å². The molecular formula is C10H11NO. The van der Waals surface area contributed by atoms with Crippen LogP contribution in [0.1, 0.15) is 17.2 Å². The predicted octanol–water partition coefficient (Wildman–Crippen LogP) is 1.35. The fraction of sp³-hybridized carbons (Fsp3) is 0.300. The van der Waals surface area contributed by atoms with E-state index in [9.17, 15) is 5.11 Å². The van der Waals surface area contributed by atoms with Crippen molar-refractivity contribution in [2.24, 2.45) is 4.99 Å². The van der Waals surface area contributed by atoms with Gasteiger partial charge in [0, 0.05) is 6.42 Å². The summed E-state index contributed by atoms with van der Waals surface area (Å²) in [5.41, 5.74) is 2.32. The van der Waals surface area contributed by atoms with Crippen LogP contribution in [0.4, 0.5) is 0 Å². The molecule has 0 saturated carbocycles. The lowest BCUT2D eigenvalue weighted by atomic mass is 10.1. The lowest BCUT2D eigenvalue weighted by Gasteiger charge is -2.08. The molecule has 2 heteroatoms. The number of benzene rings is 1. The van der Waals surface area contributed by atoms with Crippen LogP contribution >= 0.6 is 0 Å². The Labute approximate surface area is 71.6 Å². The van der Waals surface area contributed by atoms with Gasteiger partial charge in [-0.2, -0.15) is 0 Å². The van der Waals surface area contributed by atoms with E-state index < -0.39 is 0 Å². The summed E-state index contributed by atoms with van der Waals surface area (Å²) in [5, 5.41) is 9.58. The van der Waals surface area contributed by atoms with Crippen molar-refractivity contribution in [3.8, 4) is 0 Å². The maximum atomic E-state index is 9.58. The summed E-state index contributed by atoms with van der Waals surface area (Å²) in [6.07, 6.45) is 0.333. The van der Waals surface area contributed by atoms with Gasteiger partial charge in [-0.3, -0.25) is 4.99 Å². The number of nitrogens with zero attached hydrogens (tertiary/aromatic N) is 1. The lowest BCUT2D eigenvalue weighted by molar-refractivity contribution is 0.160. The number of hydrogen-bond donors (Lipinski definition) is 1. The van der Waals surface area contributed by atoms with E-state index in [1.807, 2.05) is 24.3 Å². The van der Waals surface area contributed by atoms with Crippen LogP contribution in [0.15, 0.2) is 29.3 Å². The van der Waals surface area contributed by atoms with Crippen molar-refractivity contribution in [1.29, 1.82) is 0 Å². The molecule has 2 nitrogen and oxygen atoms in total. The van der Waals surface area contributed by atoms with Crippen LogP contribution in [0, 0.1) is 0 Å². The molecule has 0 unspecified atom stereocenters. The summed E-state index contributed by atoms with van der Waals surface area (Å²) >= 11 is 0. The van der Waals surface area contributed by atoms with Crippen molar-refractivity contribution in [3.63, 3.8) is 0 Å². The first-order chi connectivity index (χ1) is 5.83. The highest BCUT2D eigenvalue weighted by Gasteiger charge is 2.29. The number of hydrogen-bond acceptors (Lipinski definition) is 2. The summed E-state index contributed by atoms with van der Waals surface area (Å²) < 4.78 is 0. The Morgan fingerprint density at radius 1 is 1.42 bits per heavy atom. The minimum Gasteiger partial charge on any atom is -0.390 e. The van der Waals surface area contributed by atoms with E-state index in [0.29, 0.717) is 6.42 Å². The van der Waals surface area contributed by atoms with E-state index in [4.69, 9.17) is 0 Å². The average molecular weight is 161 g/mol. The van der Waals surface area contributed by atoms with Crippen LogP contribution in [0.3, 0.4) is 0 Å². The third kappa shape index (κ3) is 0.959. The quantitative estimate of drug-likeness (QED) is 0.619. The molecule has 1 aliphatic rings. The molecule has 0 fully saturated rings. The Morgan fingerprint density at radius 2 is 2.17 bits per heavy atom. The second kappa shape index (κ2) is 2.72. The van der Waals surface area contributed by atoms with Gasteiger partial charge in [-0.1, -0.05) is 24.3 Å². The lowest BCUT2D eigenvalue weighted by Crippen LogP contribution is -2.10. The fourth-order valence-corrected chi connectivity index (χ4v) is 1.77. The molecule has 0 saturated heterocycles. The molecule has 0 aliphatic heterocycles. The maximum Gasteiger partial charge on any atom is 0.101 e. The molecule has 2 atom stereocenters. The monoisotopic (exact) mass is 161 g/mol. The highest BCUT2D eigenvalue weighted by atomic mass is 16.3. The van der Waals surface area contributed by atoms with Crippen molar-refractivity contribution >= 4 is 6.72 Å². The molecule has 1 aliphatic carbocycles. The van der Waals surface area contributed by atoms with Crippen LogP contribution < -0.4 is 0 Å². The van der Waals surface area contributed by atoms with Crippen LogP contribution in [0.5, 0.6) is 0 Å². The molecule has 0 spiro atoms. The summed E-state index contributed by atoms with van der Waals surface area (Å²) in [6.45, 7) is 3.48. The summed E-state index contributed by atoms with van der Waals surface area (Å²) in [7, 11) is 0. The van der Waals surface area contributed by atoms with Gasteiger partial charge < -0.3 is 5.11 Å². The molecule has 0 aromatic heterocycles. The van der Waals surface area contributed by atoms with Gasteiger partial charge in [-0.15, -0.1) is 0 Å².